The molecule has 3 aromatic rings. The van der Waals surface area contributed by atoms with Gasteiger partial charge in [0.05, 0.1) is 27.9 Å². The van der Waals surface area contributed by atoms with Crippen LogP contribution < -0.4 is 0 Å². The molecule has 0 bridgehead atoms. The molecule has 1 atom stereocenters. The average molecular weight is 489 g/mol. The number of amidine groups is 1. The SMILES string of the molecule is CSC1=Nc2ccc(Cl)cc2C2(c3ccccc3Cl)ON=C(c3ccc(Cl)cc3)N2C1. The van der Waals surface area contributed by atoms with Crippen molar-refractivity contribution in [3.8, 4) is 0 Å². The first-order valence-corrected chi connectivity index (χ1v) is 11.8. The van der Waals surface area contributed by atoms with Crippen LogP contribution in [0.3, 0.4) is 0 Å². The first-order valence-electron chi connectivity index (χ1n) is 9.49. The van der Waals surface area contributed by atoms with Gasteiger partial charge in [0, 0.05) is 21.2 Å². The minimum atomic E-state index is -1.12. The van der Waals surface area contributed by atoms with Gasteiger partial charge in [-0.3, -0.25) is 4.90 Å². The molecule has 2 heterocycles. The number of oxime groups is 1. The molecule has 2 aliphatic heterocycles. The van der Waals surface area contributed by atoms with Gasteiger partial charge in [0.1, 0.15) is 0 Å². The Morgan fingerprint density at radius 3 is 2.42 bits per heavy atom. The van der Waals surface area contributed by atoms with Crippen LogP contribution in [0.25, 0.3) is 0 Å². The summed E-state index contributed by atoms with van der Waals surface area (Å²) in [4.78, 5) is 13.3. The number of fused-ring (bicyclic) bond motifs is 3. The van der Waals surface area contributed by atoms with Crippen LogP contribution in [-0.2, 0) is 10.6 Å². The minimum Gasteiger partial charge on any atom is -0.355 e. The van der Waals surface area contributed by atoms with E-state index in [9.17, 15) is 0 Å². The lowest BCUT2D eigenvalue weighted by molar-refractivity contribution is -0.0644. The molecule has 8 heteroatoms. The molecule has 0 spiro atoms. The lowest BCUT2D eigenvalue weighted by Gasteiger charge is -2.37. The predicted octanol–water partition coefficient (Wildman–Crippen LogP) is 6.95. The maximum Gasteiger partial charge on any atom is 0.267 e. The van der Waals surface area contributed by atoms with Crippen molar-refractivity contribution in [1.82, 2.24) is 4.90 Å². The lowest BCUT2D eigenvalue weighted by atomic mass is 9.91. The average Bonchev–Trinajstić information content (AvgIpc) is 3.08. The van der Waals surface area contributed by atoms with Gasteiger partial charge in [0.15, 0.2) is 5.84 Å². The molecule has 0 aliphatic carbocycles. The van der Waals surface area contributed by atoms with Crippen LogP contribution >= 0.6 is 46.6 Å². The van der Waals surface area contributed by atoms with Gasteiger partial charge < -0.3 is 4.84 Å². The fraction of sp³-hybridized carbons (Fsp3) is 0.130. The highest BCUT2D eigenvalue weighted by molar-refractivity contribution is 8.13. The molecular weight excluding hydrogens is 473 g/mol. The van der Waals surface area contributed by atoms with E-state index in [0.717, 1.165) is 27.4 Å². The summed E-state index contributed by atoms with van der Waals surface area (Å²) in [5.41, 5.74) is 2.08. The van der Waals surface area contributed by atoms with Crippen LogP contribution in [-0.4, -0.2) is 28.6 Å². The minimum absolute atomic E-state index is 0.486. The van der Waals surface area contributed by atoms with Crippen LogP contribution in [0.4, 0.5) is 5.69 Å². The molecule has 3 aromatic carbocycles. The highest BCUT2D eigenvalue weighted by Gasteiger charge is 2.53. The molecule has 0 radical (unpaired) electrons. The number of hydrogen-bond acceptors (Lipinski definition) is 5. The number of benzene rings is 3. The third-order valence-corrected chi connectivity index (χ3v) is 6.85. The van der Waals surface area contributed by atoms with Crippen LogP contribution in [0.5, 0.6) is 0 Å². The number of nitrogens with zero attached hydrogens (tertiary/aromatic N) is 3. The van der Waals surface area contributed by atoms with Crippen LogP contribution in [0.2, 0.25) is 15.1 Å². The first-order chi connectivity index (χ1) is 15.0. The van der Waals surface area contributed by atoms with E-state index in [0.29, 0.717) is 27.4 Å². The number of thioether (sulfide) groups is 1. The van der Waals surface area contributed by atoms with Crippen molar-refractivity contribution < 1.29 is 4.84 Å². The van der Waals surface area contributed by atoms with E-state index >= 15 is 0 Å². The Hall–Kier alpha value is -2.18. The standard InChI is InChI=1S/C23H16Cl3N3OS/c1-31-21-13-29-22(14-6-8-15(24)9-7-14)28-30-23(29,17-4-2-3-5-19(17)26)18-12-16(25)10-11-20(18)27-21/h2-12H,13H2,1H3. The summed E-state index contributed by atoms with van der Waals surface area (Å²) >= 11 is 20.9. The van der Waals surface area contributed by atoms with Crippen molar-refractivity contribution in [1.29, 1.82) is 0 Å². The summed E-state index contributed by atoms with van der Waals surface area (Å²) in [5, 5.41) is 7.26. The molecule has 31 heavy (non-hydrogen) atoms. The Balaban J connectivity index is 1.79. The molecule has 0 aromatic heterocycles. The smallest absolute Gasteiger partial charge is 0.267 e. The number of hydrogen-bond donors (Lipinski definition) is 0. The Kier molecular flexibility index (Phi) is 5.39. The predicted molar refractivity (Wildman–Crippen MR) is 130 cm³/mol. The molecule has 2 aliphatic rings. The fourth-order valence-electron chi connectivity index (χ4n) is 3.91. The second-order valence-electron chi connectivity index (χ2n) is 7.09. The summed E-state index contributed by atoms with van der Waals surface area (Å²) in [5.74, 6) is 0.672. The van der Waals surface area contributed by atoms with Gasteiger partial charge in [-0.2, -0.15) is 0 Å². The zero-order valence-corrected chi connectivity index (χ0v) is 19.4. The molecule has 0 N–H and O–H groups in total. The summed E-state index contributed by atoms with van der Waals surface area (Å²) in [7, 11) is 0. The van der Waals surface area contributed by atoms with Gasteiger partial charge in [-0.25, -0.2) is 4.99 Å². The first kappa shape index (κ1) is 20.7. The van der Waals surface area contributed by atoms with E-state index < -0.39 is 5.72 Å². The highest BCUT2D eigenvalue weighted by Crippen LogP contribution is 2.50. The van der Waals surface area contributed by atoms with E-state index in [1.54, 1.807) is 11.8 Å². The summed E-state index contributed by atoms with van der Waals surface area (Å²) in [6, 6.07) is 20.7. The highest BCUT2D eigenvalue weighted by atomic mass is 35.5. The Labute approximate surface area is 199 Å². The topological polar surface area (TPSA) is 37.2 Å². The van der Waals surface area contributed by atoms with Gasteiger partial charge in [-0.15, -0.1) is 11.8 Å². The van der Waals surface area contributed by atoms with Crippen LogP contribution in [0.15, 0.2) is 76.9 Å². The van der Waals surface area contributed by atoms with E-state index in [-0.39, 0.29) is 0 Å². The summed E-state index contributed by atoms with van der Waals surface area (Å²) < 4.78 is 0. The molecule has 156 valence electrons. The number of halogens is 3. The second kappa shape index (κ2) is 8.06. The number of rotatable bonds is 2. The normalized spacial score (nSPS) is 19.7. The molecule has 0 saturated heterocycles. The van der Waals surface area contributed by atoms with Crippen molar-refractivity contribution in [2.75, 3.05) is 12.8 Å². The molecule has 0 amide bonds. The van der Waals surface area contributed by atoms with Gasteiger partial charge in [0.25, 0.3) is 5.72 Å². The second-order valence-corrected chi connectivity index (χ2v) is 9.25. The maximum atomic E-state index is 6.71. The van der Waals surface area contributed by atoms with Crippen LogP contribution in [0.1, 0.15) is 16.7 Å². The van der Waals surface area contributed by atoms with Crippen LogP contribution in [0, 0.1) is 0 Å². The summed E-state index contributed by atoms with van der Waals surface area (Å²) in [6.45, 7) is 0.486. The van der Waals surface area contributed by atoms with E-state index in [4.69, 9.17) is 44.6 Å². The third-order valence-electron chi connectivity index (χ3n) is 5.34. The van der Waals surface area contributed by atoms with Gasteiger partial charge in [-0.05, 0) is 54.8 Å². The van der Waals surface area contributed by atoms with E-state index in [2.05, 4.69) is 10.1 Å². The Bertz CT molecular complexity index is 1230. The number of aliphatic imine (C=N–C) groups is 1. The van der Waals surface area contributed by atoms with Crippen molar-refractivity contribution in [3.05, 3.63) is 98.5 Å². The van der Waals surface area contributed by atoms with Crippen molar-refractivity contribution in [2.45, 2.75) is 5.72 Å². The van der Waals surface area contributed by atoms with E-state index in [1.807, 2.05) is 73.0 Å². The molecular formula is C23H16Cl3N3OS. The van der Waals surface area contributed by atoms with Crippen molar-refractivity contribution in [3.63, 3.8) is 0 Å². The van der Waals surface area contributed by atoms with Crippen molar-refractivity contribution >= 4 is 63.1 Å². The molecule has 0 saturated carbocycles. The Morgan fingerprint density at radius 1 is 0.935 bits per heavy atom. The monoisotopic (exact) mass is 487 g/mol. The van der Waals surface area contributed by atoms with Gasteiger partial charge >= 0.3 is 0 Å². The Morgan fingerprint density at radius 2 is 1.68 bits per heavy atom. The van der Waals surface area contributed by atoms with Crippen molar-refractivity contribution in [2.24, 2.45) is 10.1 Å². The van der Waals surface area contributed by atoms with Gasteiger partial charge in [0.2, 0.25) is 0 Å². The van der Waals surface area contributed by atoms with E-state index in [1.165, 1.54) is 0 Å². The molecule has 4 nitrogen and oxygen atoms in total. The zero-order chi connectivity index (χ0) is 21.6. The lowest BCUT2D eigenvalue weighted by Crippen LogP contribution is -2.48. The molecule has 5 rings (SSSR count). The molecule has 1 unspecified atom stereocenters. The fourth-order valence-corrected chi connectivity index (χ4v) is 4.92. The maximum absolute atomic E-state index is 6.71. The largest absolute Gasteiger partial charge is 0.355 e. The molecule has 0 fully saturated rings. The zero-order valence-electron chi connectivity index (χ0n) is 16.3. The van der Waals surface area contributed by atoms with Gasteiger partial charge in [-0.1, -0.05) is 58.2 Å². The third kappa shape index (κ3) is 3.40. The quantitative estimate of drug-likeness (QED) is 0.392. The summed E-state index contributed by atoms with van der Waals surface area (Å²) in [6.07, 6.45) is 2.01.